The third-order valence-electron chi connectivity index (χ3n) is 2.38. The SMILES string of the molecule is C/C(=C\CO)CCOC1CCCCO1. The lowest BCUT2D eigenvalue weighted by atomic mass is 10.2. The fraction of sp³-hybridized carbons (Fsp3) is 0.818. The Labute approximate surface area is 85.7 Å². The molecule has 0 aromatic rings. The molecular weight excluding hydrogens is 180 g/mol. The van der Waals surface area contributed by atoms with Gasteiger partial charge in [-0.15, -0.1) is 0 Å². The first kappa shape index (κ1) is 11.7. The zero-order valence-electron chi connectivity index (χ0n) is 8.87. The highest BCUT2D eigenvalue weighted by atomic mass is 16.7. The van der Waals surface area contributed by atoms with Crippen LogP contribution in [0.1, 0.15) is 32.6 Å². The summed E-state index contributed by atoms with van der Waals surface area (Å²) in [6, 6.07) is 0. The molecule has 0 amide bonds. The van der Waals surface area contributed by atoms with E-state index in [1.165, 1.54) is 12.0 Å². The van der Waals surface area contributed by atoms with Crippen molar-refractivity contribution in [3.8, 4) is 0 Å². The second-order valence-electron chi connectivity index (χ2n) is 3.65. The van der Waals surface area contributed by atoms with Crippen LogP contribution in [0.15, 0.2) is 11.6 Å². The summed E-state index contributed by atoms with van der Waals surface area (Å²) < 4.78 is 11.0. The Morgan fingerprint density at radius 2 is 2.43 bits per heavy atom. The number of hydrogen-bond acceptors (Lipinski definition) is 3. The summed E-state index contributed by atoms with van der Waals surface area (Å²) >= 11 is 0. The molecule has 1 rings (SSSR count). The van der Waals surface area contributed by atoms with Crippen molar-refractivity contribution in [2.24, 2.45) is 0 Å². The van der Waals surface area contributed by atoms with Gasteiger partial charge in [0.25, 0.3) is 0 Å². The van der Waals surface area contributed by atoms with Gasteiger partial charge in [-0.2, -0.15) is 0 Å². The summed E-state index contributed by atoms with van der Waals surface area (Å²) in [6.45, 7) is 3.64. The number of hydrogen-bond donors (Lipinski definition) is 1. The van der Waals surface area contributed by atoms with Gasteiger partial charge in [-0.3, -0.25) is 0 Å². The maximum atomic E-state index is 8.64. The molecule has 14 heavy (non-hydrogen) atoms. The molecule has 0 saturated carbocycles. The summed E-state index contributed by atoms with van der Waals surface area (Å²) in [5.41, 5.74) is 1.17. The van der Waals surface area contributed by atoms with Crippen molar-refractivity contribution in [2.75, 3.05) is 19.8 Å². The maximum absolute atomic E-state index is 8.64. The first-order valence-corrected chi connectivity index (χ1v) is 5.32. The van der Waals surface area contributed by atoms with E-state index in [0.29, 0.717) is 6.61 Å². The predicted octanol–water partition coefficient (Wildman–Crippen LogP) is 1.86. The Bertz CT molecular complexity index is 171. The molecule has 82 valence electrons. The van der Waals surface area contributed by atoms with Gasteiger partial charge in [0.05, 0.1) is 13.2 Å². The third kappa shape index (κ3) is 4.74. The average Bonchev–Trinajstić information content (AvgIpc) is 2.20. The molecule has 0 aromatic carbocycles. The van der Waals surface area contributed by atoms with Gasteiger partial charge in [-0.25, -0.2) is 0 Å². The van der Waals surface area contributed by atoms with Crippen LogP contribution in [-0.2, 0) is 9.47 Å². The summed E-state index contributed by atoms with van der Waals surface area (Å²) in [5, 5.41) is 8.64. The fourth-order valence-electron chi connectivity index (χ4n) is 1.45. The highest BCUT2D eigenvalue weighted by Gasteiger charge is 2.13. The fourth-order valence-corrected chi connectivity index (χ4v) is 1.45. The largest absolute Gasteiger partial charge is 0.392 e. The molecule has 1 unspecified atom stereocenters. The molecule has 0 aromatic heterocycles. The van der Waals surface area contributed by atoms with Gasteiger partial charge in [-0.1, -0.05) is 11.6 Å². The Hall–Kier alpha value is -0.380. The molecule has 0 radical (unpaired) electrons. The van der Waals surface area contributed by atoms with E-state index in [-0.39, 0.29) is 12.9 Å². The highest BCUT2D eigenvalue weighted by molar-refractivity contribution is 4.97. The Morgan fingerprint density at radius 3 is 3.07 bits per heavy atom. The van der Waals surface area contributed by atoms with Gasteiger partial charge in [0.1, 0.15) is 0 Å². The summed E-state index contributed by atoms with van der Waals surface area (Å²) in [6.07, 6.45) is 6.07. The van der Waals surface area contributed by atoms with Crippen LogP contribution in [-0.4, -0.2) is 31.2 Å². The molecule has 0 spiro atoms. The number of aliphatic hydroxyl groups excluding tert-OH is 1. The van der Waals surface area contributed by atoms with Crippen LogP contribution >= 0.6 is 0 Å². The molecule has 3 nitrogen and oxygen atoms in total. The number of aliphatic hydroxyl groups is 1. The predicted molar refractivity (Wildman–Crippen MR) is 55.0 cm³/mol. The number of rotatable bonds is 5. The first-order valence-electron chi connectivity index (χ1n) is 5.32. The third-order valence-corrected chi connectivity index (χ3v) is 2.38. The molecule has 1 aliphatic rings. The smallest absolute Gasteiger partial charge is 0.157 e. The van der Waals surface area contributed by atoms with E-state index >= 15 is 0 Å². The van der Waals surface area contributed by atoms with Crippen LogP contribution in [0, 0.1) is 0 Å². The topological polar surface area (TPSA) is 38.7 Å². The van der Waals surface area contributed by atoms with Gasteiger partial charge in [-0.05, 0) is 32.6 Å². The van der Waals surface area contributed by atoms with E-state index in [4.69, 9.17) is 14.6 Å². The van der Waals surface area contributed by atoms with Crippen molar-refractivity contribution in [1.29, 1.82) is 0 Å². The molecule has 1 N–H and O–H groups in total. The quantitative estimate of drug-likeness (QED) is 0.688. The standard InChI is InChI=1S/C11H20O3/c1-10(5-7-12)6-9-14-11-4-2-3-8-13-11/h5,11-12H,2-4,6-9H2,1H3/b10-5+. The van der Waals surface area contributed by atoms with Gasteiger partial charge in [0, 0.05) is 6.61 Å². The van der Waals surface area contributed by atoms with Gasteiger partial charge >= 0.3 is 0 Å². The van der Waals surface area contributed by atoms with E-state index in [1.54, 1.807) is 0 Å². The van der Waals surface area contributed by atoms with Crippen molar-refractivity contribution in [2.45, 2.75) is 38.9 Å². The van der Waals surface area contributed by atoms with Crippen molar-refractivity contribution < 1.29 is 14.6 Å². The highest BCUT2D eigenvalue weighted by Crippen LogP contribution is 2.14. The Morgan fingerprint density at radius 1 is 1.57 bits per heavy atom. The Balaban J connectivity index is 2.05. The minimum atomic E-state index is 0.00526. The maximum Gasteiger partial charge on any atom is 0.157 e. The lowest BCUT2D eigenvalue weighted by Gasteiger charge is -2.22. The molecule has 1 heterocycles. The van der Waals surface area contributed by atoms with Crippen molar-refractivity contribution >= 4 is 0 Å². The van der Waals surface area contributed by atoms with Gasteiger partial charge < -0.3 is 14.6 Å². The molecule has 1 saturated heterocycles. The van der Waals surface area contributed by atoms with Crippen molar-refractivity contribution in [3.05, 3.63) is 11.6 Å². The van der Waals surface area contributed by atoms with Gasteiger partial charge in [0.2, 0.25) is 0 Å². The van der Waals surface area contributed by atoms with Crippen molar-refractivity contribution in [1.82, 2.24) is 0 Å². The summed E-state index contributed by atoms with van der Waals surface area (Å²) in [4.78, 5) is 0. The van der Waals surface area contributed by atoms with Crippen LogP contribution in [0.25, 0.3) is 0 Å². The Kier molecular flexibility index (Phi) is 5.83. The normalized spacial score (nSPS) is 23.9. The first-order chi connectivity index (χ1) is 6.83. The van der Waals surface area contributed by atoms with Crippen LogP contribution in [0.3, 0.4) is 0 Å². The molecule has 0 bridgehead atoms. The van der Waals surface area contributed by atoms with E-state index in [9.17, 15) is 0 Å². The minimum absolute atomic E-state index is 0.00526. The molecule has 1 aliphatic heterocycles. The van der Waals surface area contributed by atoms with Crippen LogP contribution in [0.2, 0.25) is 0 Å². The molecular formula is C11H20O3. The van der Waals surface area contributed by atoms with Crippen LogP contribution in [0.5, 0.6) is 0 Å². The van der Waals surface area contributed by atoms with Crippen LogP contribution in [0.4, 0.5) is 0 Å². The monoisotopic (exact) mass is 200 g/mol. The van der Waals surface area contributed by atoms with E-state index in [1.807, 2.05) is 13.0 Å². The minimum Gasteiger partial charge on any atom is -0.392 e. The zero-order valence-corrected chi connectivity index (χ0v) is 8.87. The average molecular weight is 200 g/mol. The lowest BCUT2D eigenvalue weighted by Crippen LogP contribution is -2.22. The second-order valence-corrected chi connectivity index (χ2v) is 3.65. The molecule has 1 atom stereocenters. The van der Waals surface area contributed by atoms with E-state index in [0.717, 1.165) is 25.9 Å². The molecule has 0 aliphatic carbocycles. The van der Waals surface area contributed by atoms with Gasteiger partial charge in [0.15, 0.2) is 6.29 Å². The second kappa shape index (κ2) is 6.98. The van der Waals surface area contributed by atoms with E-state index < -0.39 is 0 Å². The van der Waals surface area contributed by atoms with Crippen LogP contribution < -0.4 is 0 Å². The van der Waals surface area contributed by atoms with E-state index in [2.05, 4.69) is 0 Å². The molecule has 3 heteroatoms. The number of ether oxygens (including phenoxy) is 2. The zero-order chi connectivity index (χ0) is 10.2. The lowest BCUT2D eigenvalue weighted by molar-refractivity contribution is -0.161. The summed E-state index contributed by atoms with van der Waals surface area (Å²) in [7, 11) is 0. The molecule has 1 fully saturated rings. The van der Waals surface area contributed by atoms with Crippen molar-refractivity contribution in [3.63, 3.8) is 0 Å². The summed E-state index contributed by atoms with van der Waals surface area (Å²) in [5.74, 6) is 0.